The molecule has 0 saturated carbocycles. The van der Waals surface area contributed by atoms with Crippen molar-refractivity contribution in [3.63, 3.8) is 0 Å². The molecule has 37 heavy (non-hydrogen) atoms. The van der Waals surface area contributed by atoms with Crippen molar-refractivity contribution in [2.45, 2.75) is 37.7 Å². The van der Waals surface area contributed by atoms with E-state index in [4.69, 9.17) is 34.8 Å². The van der Waals surface area contributed by atoms with Crippen LogP contribution in [0.2, 0.25) is 15.1 Å². The van der Waals surface area contributed by atoms with Gasteiger partial charge in [0.25, 0.3) is 12.3 Å². The molecule has 0 heterocycles. The van der Waals surface area contributed by atoms with Gasteiger partial charge in [0.1, 0.15) is 0 Å². The van der Waals surface area contributed by atoms with Crippen molar-refractivity contribution >= 4 is 58.5 Å². The van der Waals surface area contributed by atoms with E-state index in [0.717, 1.165) is 42.5 Å². The molecule has 0 fully saturated rings. The zero-order valence-electron chi connectivity index (χ0n) is 18.7. The van der Waals surface area contributed by atoms with Gasteiger partial charge >= 0.3 is 12.4 Å². The summed E-state index contributed by atoms with van der Waals surface area (Å²) in [5.41, 5.74) is -1.59. The van der Waals surface area contributed by atoms with Gasteiger partial charge in [-0.15, -0.1) is 0 Å². The van der Waals surface area contributed by atoms with Crippen LogP contribution in [0.25, 0.3) is 6.08 Å². The molecule has 0 aliphatic heterocycles. The Morgan fingerprint density at radius 2 is 1.62 bits per heavy atom. The quantitative estimate of drug-likeness (QED) is 0.225. The van der Waals surface area contributed by atoms with Gasteiger partial charge in [0.2, 0.25) is 0 Å². The molecule has 2 aromatic carbocycles. The zero-order valence-corrected chi connectivity index (χ0v) is 21.7. The minimum Gasteiger partial charge on any atom is -0.349 e. The lowest BCUT2D eigenvalue weighted by Crippen LogP contribution is -2.35. The smallest absolute Gasteiger partial charge is 0.349 e. The first kappa shape index (κ1) is 31.5. The largest absolute Gasteiger partial charge is 0.399 e. The summed E-state index contributed by atoms with van der Waals surface area (Å²) in [6.07, 6.45) is -10.7. The summed E-state index contributed by atoms with van der Waals surface area (Å²) < 4.78 is 105. The highest BCUT2D eigenvalue weighted by atomic mass is 35.5. The molecule has 2 atom stereocenters. The Morgan fingerprint density at radius 1 is 1.03 bits per heavy atom. The molecular formula is C23H18Cl3F8NOS. The molecule has 2 nitrogen and oxygen atoms in total. The van der Waals surface area contributed by atoms with Gasteiger partial charge in [-0.25, -0.2) is 8.78 Å². The highest BCUT2D eigenvalue weighted by molar-refractivity contribution is 7.99. The SMILES string of the molecule is C[C@H](CSCC(F)(F)F)NC(=O)c1ccc(/C=C/C(c2cc(Cl)c(Cl)c(Cl)c2)C(F)(F)F)cc1C(F)F. The molecule has 1 unspecified atom stereocenters. The fraction of sp³-hybridized carbons (Fsp3) is 0.348. The molecular weight excluding hydrogens is 597 g/mol. The van der Waals surface area contributed by atoms with E-state index in [1.54, 1.807) is 0 Å². The van der Waals surface area contributed by atoms with E-state index in [1.165, 1.54) is 6.92 Å². The van der Waals surface area contributed by atoms with Crippen LogP contribution in [-0.4, -0.2) is 35.8 Å². The molecule has 2 rings (SSSR count). The maximum atomic E-state index is 13.7. The number of allylic oxidation sites excluding steroid dienone is 1. The summed E-state index contributed by atoms with van der Waals surface area (Å²) in [6, 6.07) is 4.24. The molecule has 1 N–H and O–H groups in total. The molecule has 1 amide bonds. The number of amides is 1. The highest BCUT2D eigenvalue weighted by Crippen LogP contribution is 2.41. The monoisotopic (exact) mass is 613 g/mol. The van der Waals surface area contributed by atoms with Crippen LogP contribution < -0.4 is 5.32 Å². The van der Waals surface area contributed by atoms with E-state index in [1.807, 2.05) is 0 Å². The standard InChI is InChI=1S/C23H18Cl3F8NOS/c1-11(9-37-10-22(29,30)31)35-21(36)14-4-2-12(6-15(14)20(27)28)3-5-16(23(32,33)34)13-7-17(24)19(26)18(25)8-13/h2-8,11,16,20H,9-10H2,1H3,(H,35,36)/b5-3+/t11-,16?/m1/s1. The Hall–Kier alpha value is -1.69. The Bertz CT molecular complexity index is 1110. The normalized spacial score (nSPS) is 14.3. The van der Waals surface area contributed by atoms with Gasteiger partial charge < -0.3 is 5.32 Å². The van der Waals surface area contributed by atoms with Crippen LogP contribution >= 0.6 is 46.6 Å². The lowest BCUT2D eigenvalue weighted by atomic mass is 9.96. The van der Waals surface area contributed by atoms with Crippen molar-refractivity contribution in [1.82, 2.24) is 5.32 Å². The van der Waals surface area contributed by atoms with Crippen LogP contribution in [0.3, 0.4) is 0 Å². The number of nitrogens with one attached hydrogen (secondary N) is 1. The molecule has 0 aromatic heterocycles. The Morgan fingerprint density at radius 3 is 2.14 bits per heavy atom. The average Bonchev–Trinajstić information content (AvgIpc) is 2.75. The predicted molar refractivity (Wildman–Crippen MR) is 131 cm³/mol. The van der Waals surface area contributed by atoms with Crippen LogP contribution in [0.15, 0.2) is 36.4 Å². The maximum absolute atomic E-state index is 13.7. The second-order valence-electron chi connectivity index (χ2n) is 7.83. The summed E-state index contributed by atoms with van der Waals surface area (Å²) in [7, 11) is 0. The van der Waals surface area contributed by atoms with Crippen molar-refractivity contribution in [2.24, 2.45) is 0 Å². The molecule has 0 radical (unpaired) electrons. The van der Waals surface area contributed by atoms with Crippen molar-refractivity contribution in [2.75, 3.05) is 11.5 Å². The van der Waals surface area contributed by atoms with E-state index in [0.29, 0.717) is 11.8 Å². The van der Waals surface area contributed by atoms with Crippen LogP contribution in [0.1, 0.15) is 46.3 Å². The third-order valence-corrected chi connectivity index (χ3v) is 7.23. The summed E-state index contributed by atoms with van der Waals surface area (Å²) in [5.74, 6) is -4.41. The average molecular weight is 615 g/mol. The second kappa shape index (κ2) is 12.9. The number of thioether (sulfide) groups is 1. The minimum absolute atomic E-state index is 0.0546. The molecule has 0 spiro atoms. The Kier molecular flexibility index (Phi) is 11.0. The number of rotatable bonds is 9. The number of halogens is 11. The van der Waals surface area contributed by atoms with Crippen molar-refractivity contribution < 1.29 is 39.9 Å². The van der Waals surface area contributed by atoms with Crippen molar-refractivity contribution in [3.8, 4) is 0 Å². The zero-order chi connectivity index (χ0) is 28.1. The van der Waals surface area contributed by atoms with Crippen LogP contribution in [0.4, 0.5) is 35.1 Å². The maximum Gasteiger partial charge on any atom is 0.399 e. The van der Waals surface area contributed by atoms with Crippen molar-refractivity contribution in [1.29, 1.82) is 0 Å². The van der Waals surface area contributed by atoms with E-state index in [2.05, 4.69) is 5.32 Å². The number of hydrogen-bond acceptors (Lipinski definition) is 2. The van der Waals surface area contributed by atoms with E-state index in [9.17, 15) is 39.9 Å². The van der Waals surface area contributed by atoms with E-state index >= 15 is 0 Å². The molecule has 0 aliphatic carbocycles. The fourth-order valence-electron chi connectivity index (χ4n) is 3.14. The number of carbonyl (C=O) groups is 1. The van der Waals surface area contributed by atoms with Crippen LogP contribution in [0, 0.1) is 0 Å². The molecule has 14 heteroatoms. The van der Waals surface area contributed by atoms with E-state index in [-0.39, 0.29) is 31.9 Å². The minimum atomic E-state index is -4.79. The van der Waals surface area contributed by atoms with Gasteiger partial charge in [-0.05, 0) is 42.3 Å². The van der Waals surface area contributed by atoms with Gasteiger partial charge in [-0.1, -0.05) is 53.0 Å². The first-order chi connectivity index (χ1) is 17.0. The second-order valence-corrected chi connectivity index (χ2v) is 10.1. The summed E-state index contributed by atoms with van der Waals surface area (Å²) in [5, 5.41) is 1.82. The molecule has 0 aliphatic rings. The predicted octanol–water partition coefficient (Wildman–Crippen LogP) is 9.36. The molecule has 204 valence electrons. The molecule has 2 aromatic rings. The highest BCUT2D eigenvalue weighted by Gasteiger charge is 2.39. The van der Waals surface area contributed by atoms with Crippen LogP contribution in [0.5, 0.6) is 0 Å². The van der Waals surface area contributed by atoms with E-state index < -0.39 is 53.5 Å². The summed E-state index contributed by atoms with van der Waals surface area (Å²) >= 11 is 18.0. The van der Waals surface area contributed by atoms with Crippen LogP contribution in [-0.2, 0) is 0 Å². The van der Waals surface area contributed by atoms with Gasteiger partial charge in [0.05, 0.1) is 26.7 Å². The van der Waals surface area contributed by atoms with Gasteiger partial charge in [0.15, 0.2) is 0 Å². The lowest BCUT2D eigenvalue weighted by Gasteiger charge is -2.19. The third-order valence-electron chi connectivity index (χ3n) is 4.77. The summed E-state index contributed by atoms with van der Waals surface area (Å²) in [6.45, 7) is 1.41. The number of carbonyl (C=O) groups excluding carboxylic acids is 1. The number of benzene rings is 2. The van der Waals surface area contributed by atoms with Crippen molar-refractivity contribution in [3.05, 3.63) is 73.7 Å². The Balaban J connectivity index is 2.27. The fourth-order valence-corrected chi connectivity index (χ4v) is 4.54. The molecule has 0 saturated heterocycles. The number of alkyl halides is 8. The summed E-state index contributed by atoms with van der Waals surface area (Å²) in [4.78, 5) is 12.4. The lowest BCUT2D eigenvalue weighted by molar-refractivity contribution is -0.139. The van der Waals surface area contributed by atoms with Gasteiger partial charge in [-0.3, -0.25) is 4.79 Å². The van der Waals surface area contributed by atoms with Gasteiger partial charge in [-0.2, -0.15) is 38.1 Å². The number of hydrogen-bond donors (Lipinski definition) is 1. The molecule has 0 bridgehead atoms. The third kappa shape index (κ3) is 9.53. The Labute approximate surface area is 226 Å². The van der Waals surface area contributed by atoms with Gasteiger partial charge in [0, 0.05) is 22.9 Å². The first-order valence-electron chi connectivity index (χ1n) is 10.3. The topological polar surface area (TPSA) is 29.1 Å². The first-order valence-corrected chi connectivity index (χ1v) is 12.5.